The molecule has 5 heterocycles. The number of nitrogens with zero attached hydrogens (tertiary/aromatic N) is 5. The quantitative estimate of drug-likeness (QED) is 0.442. The monoisotopic (exact) mass is 559 g/mol. The molecule has 0 unspecified atom stereocenters. The summed E-state index contributed by atoms with van der Waals surface area (Å²) in [6, 6.07) is 2.23. The van der Waals surface area contributed by atoms with E-state index in [1.807, 2.05) is 12.3 Å². The molecule has 0 radical (unpaired) electrons. The topological polar surface area (TPSA) is 74.2 Å². The van der Waals surface area contributed by atoms with Gasteiger partial charge >= 0.3 is 0 Å². The Labute approximate surface area is 235 Å². The van der Waals surface area contributed by atoms with Gasteiger partial charge in [-0.05, 0) is 71.5 Å². The van der Waals surface area contributed by atoms with Crippen molar-refractivity contribution in [3.63, 3.8) is 0 Å². The lowest BCUT2D eigenvalue weighted by Gasteiger charge is -2.47. The van der Waals surface area contributed by atoms with Crippen molar-refractivity contribution in [3.05, 3.63) is 28.0 Å². The lowest BCUT2D eigenvalue weighted by Crippen LogP contribution is -2.53. The Morgan fingerprint density at radius 1 is 1.08 bits per heavy atom. The molecule has 206 valence electrons. The van der Waals surface area contributed by atoms with Gasteiger partial charge < -0.3 is 15.0 Å². The van der Waals surface area contributed by atoms with Crippen molar-refractivity contribution in [3.8, 4) is 11.1 Å². The number of halogens is 2. The number of ether oxygens (including phenoxy) is 1. The van der Waals surface area contributed by atoms with E-state index in [0.29, 0.717) is 22.0 Å². The van der Waals surface area contributed by atoms with E-state index < -0.39 is 0 Å². The minimum Gasteiger partial charge on any atom is -0.379 e. The number of hydrogen-bond acceptors (Lipinski definition) is 6. The first-order valence-corrected chi connectivity index (χ1v) is 14.8. The third-order valence-electron chi connectivity index (χ3n) is 8.83. The highest BCUT2D eigenvalue weighted by Gasteiger charge is 2.40. The zero-order valence-electron chi connectivity index (χ0n) is 22.7. The summed E-state index contributed by atoms with van der Waals surface area (Å²) in [6.07, 6.45) is 6.25. The number of piperidine rings is 2. The SMILES string of the molecule is Cc1c(-c2c(Cl)c(Cl)cc3[nH]ncc23)c(N2CC[C@@H](CN3CCOCC3)CC2(C)C)nn1C1CCNCC1. The number of aromatic amines is 1. The van der Waals surface area contributed by atoms with Crippen LogP contribution in [0.4, 0.5) is 5.82 Å². The van der Waals surface area contributed by atoms with E-state index in [-0.39, 0.29) is 5.54 Å². The van der Waals surface area contributed by atoms with Gasteiger partial charge in [-0.25, -0.2) is 0 Å². The predicted molar refractivity (Wildman–Crippen MR) is 155 cm³/mol. The summed E-state index contributed by atoms with van der Waals surface area (Å²) < 4.78 is 7.84. The molecule has 6 rings (SSSR count). The average molecular weight is 561 g/mol. The molecule has 3 aliphatic rings. The van der Waals surface area contributed by atoms with Crippen LogP contribution in [0, 0.1) is 12.8 Å². The smallest absolute Gasteiger partial charge is 0.159 e. The maximum atomic E-state index is 6.99. The molecule has 0 aliphatic carbocycles. The molecule has 8 nitrogen and oxygen atoms in total. The van der Waals surface area contributed by atoms with Crippen molar-refractivity contribution in [2.24, 2.45) is 5.92 Å². The minimum atomic E-state index is -0.0513. The molecule has 0 bridgehead atoms. The number of benzene rings is 1. The number of nitrogens with one attached hydrogen (secondary N) is 2. The number of aromatic nitrogens is 4. The van der Waals surface area contributed by atoms with Crippen LogP contribution in [0.15, 0.2) is 12.3 Å². The van der Waals surface area contributed by atoms with E-state index in [2.05, 4.69) is 50.8 Å². The molecule has 0 saturated carbocycles. The van der Waals surface area contributed by atoms with Crippen molar-refractivity contribution in [2.45, 2.75) is 58.0 Å². The van der Waals surface area contributed by atoms with E-state index in [0.717, 1.165) is 112 Å². The summed E-state index contributed by atoms with van der Waals surface area (Å²) >= 11 is 13.7. The zero-order chi connectivity index (χ0) is 26.4. The van der Waals surface area contributed by atoms with Crippen LogP contribution in [0.25, 0.3) is 22.0 Å². The normalized spacial score (nSPS) is 23.4. The van der Waals surface area contributed by atoms with Gasteiger partial charge in [0.2, 0.25) is 0 Å². The van der Waals surface area contributed by atoms with E-state index in [1.54, 1.807) is 0 Å². The van der Waals surface area contributed by atoms with Gasteiger partial charge in [-0.15, -0.1) is 0 Å². The fourth-order valence-electron chi connectivity index (χ4n) is 6.90. The highest BCUT2D eigenvalue weighted by molar-refractivity contribution is 6.45. The number of hydrogen-bond donors (Lipinski definition) is 2. The van der Waals surface area contributed by atoms with Gasteiger partial charge in [0.15, 0.2) is 5.82 Å². The van der Waals surface area contributed by atoms with Crippen LogP contribution in [-0.2, 0) is 4.74 Å². The summed E-state index contributed by atoms with van der Waals surface area (Å²) in [4.78, 5) is 5.11. The molecule has 10 heteroatoms. The van der Waals surface area contributed by atoms with E-state index in [1.165, 1.54) is 0 Å². The van der Waals surface area contributed by atoms with E-state index in [9.17, 15) is 0 Å². The molecule has 3 aromatic rings. The largest absolute Gasteiger partial charge is 0.379 e. The molecule has 0 amide bonds. The Morgan fingerprint density at radius 2 is 1.84 bits per heavy atom. The summed E-state index contributed by atoms with van der Waals surface area (Å²) in [6.45, 7) is 14.8. The summed E-state index contributed by atoms with van der Waals surface area (Å²) in [7, 11) is 0. The Bertz CT molecular complexity index is 1290. The fourth-order valence-corrected chi connectivity index (χ4v) is 7.35. The summed E-state index contributed by atoms with van der Waals surface area (Å²) in [5.41, 5.74) is 4.00. The number of fused-ring (bicyclic) bond motifs is 1. The lowest BCUT2D eigenvalue weighted by molar-refractivity contribution is 0.0263. The van der Waals surface area contributed by atoms with Crippen molar-refractivity contribution >= 4 is 39.9 Å². The van der Waals surface area contributed by atoms with Crippen molar-refractivity contribution < 1.29 is 4.74 Å². The predicted octanol–water partition coefficient (Wildman–Crippen LogP) is 5.29. The first-order chi connectivity index (χ1) is 18.3. The lowest BCUT2D eigenvalue weighted by atomic mass is 9.82. The second-order valence-corrected chi connectivity index (χ2v) is 12.6. The molecule has 0 spiro atoms. The standard InChI is InChI=1S/C28H39Cl2N7O/c1-18-24(25-21-16-32-33-23(21)14-22(29)26(25)30)27(34-37(18)20-4-7-31-8-5-20)36-9-6-19(15-28(36,2)3)17-35-10-12-38-13-11-35/h14,16,19-20,31H,4-13,15,17H2,1-3H3,(H,32,33)/t19-/m1/s1. The second-order valence-electron chi connectivity index (χ2n) is 11.8. The van der Waals surface area contributed by atoms with Gasteiger partial charge in [-0.3, -0.25) is 14.7 Å². The first-order valence-electron chi connectivity index (χ1n) is 14.0. The van der Waals surface area contributed by atoms with Gasteiger partial charge in [-0.2, -0.15) is 10.2 Å². The molecule has 38 heavy (non-hydrogen) atoms. The third kappa shape index (κ3) is 4.83. The van der Waals surface area contributed by atoms with Crippen molar-refractivity contribution in [1.82, 2.24) is 30.2 Å². The average Bonchev–Trinajstić information content (AvgIpc) is 3.50. The van der Waals surface area contributed by atoms with Gasteiger partial charge in [0.25, 0.3) is 0 Å². The Morgan fingerprint density at radius 3 is 2.58 bits per heavy atom. The van der Waals surface area contributed by atoms with E-state index in [4.69, 9.17) is 33.0 Å². The second kappa shape index (κ2) is 10.6. The van der Waals surface area contributed by atoms with Crippen LogP contribution in [-0.4, -0.2) is 82.9 Å². The van der Waals surface area contributed by atoms with Crippen LogP contribution in [0.3, 0.4) is 0 Å². The fraction of sp³-hybridized carbons (Fsp3) is 0.643. The van der Waals surface area contributed by atoms with Gasteiger partial charge in [0.05, 0.1) is 41.0 Å². The molecule has 3 aliphatic heterocycles. The highest BCUT2D eigenvalue weighted by atomic mass is 35.5. The third-order valence-corrected chi connectivity index (χ3v) is 9.62. The molecule has 3 saturated heterocycles. The maximum absolute atomic E-state index is 6.99. The van der Waals surface area contributed by atoms with Crippen LogP contribution < -0.4 is 10.2 Å². The Hall–Kier alpha value is -1.84. The van der Waals surface area contributed by atoms with Gasteiger partial charge in [0.1, 0.15) is 0 Å². The molecular weight excluding hydrogens is 521 g/mol. The summed E-state index contributed by atoms with van der Waals surface area (Å²) in [5.74, 6) is 1.67. The first kappa shape index (κ1) is 26.4. The highest BCUT2D eigenvalue weighted by Crippen LogP contribution is 2.48. The molecular formula is C28H39Cl2N7O. The number of H-pyrrole nitrogens is 1. The molecule has 1 atom stereocenters. The van der Waals surface area contributed by atoms with Crippen LogP contribution in [0.1, 0.15) is 51.3 Å². The van der Waals surface area contributed by atoms with Gasteiger partial charge in [-0.1, -0.05) is 23.2 Å². The Kier molecular flexibility index (Phi) is 7.37. The molecule has 1 aromatic carbocycles. The van der Waals surface area contributed by atoms with Crippen molar-refractivity contribution in [1.29, 1.82) is 0 Å². The maximum Gasteiger partial charge on any atom is 0.159 e. The number of anilines is 1. The van der Waals surface area contributed by atoms with Crippen LogP contribution in [0.2, 0.25) is 10.0 Å². The van der Waals surface area contributed by atoms with Gasteiger partial charge in [0, 0.05) is 53.9 Å². The number of rotatable bonds is 5. The van der Waals surface area contributed by atoms with Crippen LogP contribution in [0.5, 0.6) is 0 Å². The summed E-state index contributed by atoms with van der Waals surface area (Å²) in [5, 5.41) is 18.4. The zero-order valence-corrected chi connectivity index (χ0v) is 24.2. The van der Waals surface area contributed by atoms with Crippen molar-refractivity contribution in [2.75, 3.05) is 57.4 Å². The molecule has 2 aromatic heterocycles. The van der Waals surface area contributed by atoms with E-state index >= 15 is 0 Å². The van der Waals surface area contributed by atoms with Crippen LogP contribution >= 0.6 is 23.2 Å². The number of morpholine rings is 1. The minimum absolute atomic E-state index is 0.0513. The Balaban J connectivity index is 1.41. The molecule has 2 N–H and O–H groups in total. The molecule has 3 fully saturated rings.